The van der Waals surface area contributed by atoms with Crippen molar-refractivity contribution in [3.05, 3.63) is 71.8 Å². The predicted molar refractivity (Wildman–Crippen MR) is 114 cm³/mol. The van der Waals surface area contributed by atoms with Gasteiger partial charge in [-0.2, -0.15) is 0 Å². The van der Waals surface area contributed by atoms with Gasteiger partial charge in [0.2, 0.25) is 0 Å². The van der Waals surface area contributed by atoms with Crippen molar-refractivity contribution in [1.82, 2.24) is 4.90 Å². The largest absolute Gasteiger partial charge is 0.379 e. The van der Waals surface area contributed by atoms with E-state index in [-0.39, 0.29) is 5.60 Å². The highest BCUT2D eigenvalue weighted by Gasteiger charge is 2.33. The van der Waals surface area contributed by atoms with Crippen molar-refractivity contribution >= 4 is 0 Å². The molecule has 146 valence electrons. The van der Waals surface area contributed by atoms with Crippen molar-refractivity contribution in [3.63, 3.8) is 0 Å². The second-order valence-electron chi connectivity index (χ2n) is 8.67. The Hall–Kier alpha value is -1.64. The average molecular weight is 366 g/mol. The molecule has 0 bridgehead atoms. The van der Waals surface area contributed by atoms with Gasteiger partial charge in [0.15, 0.2) is 0 Å². The van der Waals surface area contributed by atoms with Gasteiger partial charge in [-0.1, -0.05) is 60.7 Å². The summed E-state index contributed by atoms with van der Waals surface area (Å²) in [6.07, 6.45) is 5.21. The zero-order valence-electron chi connectivity index (χ0n) is 17.2. The lowest BCUT2D eigenvalue weighted by Gasteiger charge is -2.39. The summed E-state index contributed by atoms with van der Waals surface area (Å²) < 4.78 is 5.74. The molecular formula is C25H35NO. The first-order valence-corrected chi connectivity index (χ1v) is 10.4. The summed E-state index contributed by atoms with van der Waals surface area (Å²) in [5, 5.41) is 0. The van der Waals surface area contributed by atoms with E-state index in [1.165, 1.54) is 43.4 Å². The van der Waals surface area contributed by atoms with Crippen LogP contribution in [0, 0.1) is 11.8 Å². The minimum atomic E-state index is 0.0126. The van der Waals surface area contributed by atoms with Crippen LogP contribution >= 0.6 is 0 Å². The minimum Gasteiger partial charge on any atom is -0.379 e. The Morgan fingerprint density at radius 2 is 1.30 bits per heavy atom. The topological polar surface area (TPSA) is 12.5 Å². The Bertz CT molecular complexity index is 618. The Morgan fingerprint density at radius 1 is 0.815 bits per heavy atom. The molecule has 0 radical (unpaired) electrons. The second kappa shape index (κ2) is 9.52. The standard InChI is InChI=1S/C25H35NO/c1-25(2,27-3)24-16-14-23(15-17-24)20-26(18-21-10-6-4-7-11-21)19-22-12-8-5-9-13-22/h4-13,23-24H,14-20H2,1-3H3. The Kier molecular flexibility index (Phi) is 7.09. The fourth-order valence-electron chi connectivity index (χ4n) is 4.44. The lowest BCUT2D eigenvalue weighted by atomic mass is 9.74. The van der Waals surface area contributed by atoms with E-state index in [9.17, 15) is 0 Å². The first-order chi connectivity index (χ1) is 13.1. The van der Waals surface area contributed by atoms with Crippen molar-refractivity contribution < 1.29 is 4.74 Å². The van der Waals surface area contributed by atoms with Gasteiger partial charge in [0, 0.05) is 26.7 Å². The smallest absolute Gasteiger partial charge is 0.0650 e. The molecule has 0 N–H and O–H groups in total. The monoisotopic (exact) mass is 365 g/mol. The molecule has 1 aliphatic carbocycles. The quantitative estimate of drug-likeness (QED) is 0.576. The third-order valence-electron chi connectivity index (χ3n) is 6.37. The Labute approximate surface area is 165 Å². The molecule has 2 aromatic rings. The van der Waals surface area contributed by atoms with E-state index in [4.69, 9.17) is 4.74 Å². The fraction of sp³-hybridized carbons (Fsp3) is 0.520. The molecule has 27 heavy (non-hydrogen) atoms. The van der Waals surface area contributed by atoms with Gasteiger partial charge in [0.25, 0.3) is 0 Å². The van der Waals surface area contributed by atoms with Crippen LogP contribution in [0.1, 0.15) is 50.7 Å². The van der Waals surface area contributed by atoms with Crippen LogP contribution in [0.4, 0.5) is 0 Å². The maximum absolute atomic E-state index is 5.74. The summed E-state index contributed by atoms with van der Waals surface area (Å²) in [5.41, 5.74) is 2.82. The number of nitrogens with zero attached hydrogens (tertiary/aromatic N) is 1. The van der Waals surface area contributed by atoms with Crippen LogP contribution in [0.15, 0.2) is 60.7 Å². The van der Waals surface area contributed by atoms with Crippen LogP contribution in [0.25, 0.3) is 0 Å². The zero-order chi connectivity index (χ0) is 19.1. The van der Waals surface area contributed by atoms with Gasteiger partial charge in [-0.15, -0.1) is 0 Å². The summed E-state index contributed by atoms with van der Waals surface area (Å²) in [6.45, 7) is 7.73. The van der Waals surface area contributed by atoms with E-state index in [1.54, 1.807) is 0 Å². The third-order valence-corrected chi connectivity index (χ3v) is 6.37. The molecule has 2 nitrogen and oxygen atoms in total. The van der Waals surface area contributed by atoms with Crippen LogP contribution in [0.2, 0.25) is 0 Å². The first-order valence-electron chi connectivity index (χ1n) is 10.4. The van der Waals surface area contributed by atoms with Crippen LogP contribution < -0.4 is 0 Å². The summed E-state index contributed by atoms with van der Waals surface area (Å²) in [6, 6.07) is 21.8. The lowest BCUT2D eigenvalue weighted by molar-refractivity contribution is -0.0460. The molecule has 0 atom stereocenters. The number of hydrogen-bond donors (Lipinski definition) is 0. The maximum Gasteiger partial charge on any atom is 0.0650 e. The van der Waals surface area contributed by atoms with E-state index in [2.05, 4.69) is 79.4 Å². The fourth-order valence-corrected chi connectivity index (χ4v) is 4.44. The predicted octanol–water partition coefficient (Wildman–Crippen LogP) is 5.92. The zero-order valence-corrected chi connectivity index (χ0v) is 17.2. The number of hydrogen-bond acceptors (Lipinski definition) is 2. The molecule has 3 rings (SSSR count). The molecule has 1 saturated carbocycles. The SMILES string of the molecule is COC(C)(C)C1CCC(CN(Cc2ccccc2)Cc2ccccc2)CC1. The van der Waals surface area contributed by atoms with Crippen LogP contribution in [0.3, 0.4) is 0 Å². The molecule has 0 amide bonds. The maximum atomic E-state index is 5.74. The minimum absolute atomic E-state index is 0.0126. The number of ether oxygens (including phenoxy) is 1. The van der Waals surface area contributed by atoms with Crippen molar-refractivity contribution in [2.24, 2.45) is 11.8 Å². The molecule has 0 aromatic heterocycles. The average Bonchev–Trinajstić information content (AvgIpc) is 2.70. The van der Waals surface area contributed by atoms with Crippen LogP contribution in [-0.2, 0) is 17.8 Å². The lowest BCUT2D eigenvalue weighted by Crippen LogP contribution is -2.38. The molecular weight excluding hydrogens is 330 g/mol. The summed E-state index contributed by atoms with van der Waals surface area (Å²) >= 11 is 0. The van der Waals surface area contributed by atoms with Gasteiger partial charge >= 0.3 is 0 Å². The normalized spacial score (nSPS) is 20.7. The second-order valence-corrected chi connectivity index (χ2v) is 8.67. The molecule has 0 saturated heterocycles. The van der Waals surface area contributed by atoms with Gasteiger partial charge in [0.1, 0.15) is 0 Å². The van der Waals surface area contributed by atoms with E-state index in [0.717, 1.165) is 19.0 Å². The van der Waals surface area contributed by atoms with E-state index in [0.29, 0.717) is 5.92 Å². The van der Waals surface area contributed by atoms with Crippen LogP contribution in [0.5, 0.6) is 0 Å². The van der Waals surface area contributed by atoms with Crippen molar-refractivity contribution in [2.75, 3.05) is 13.7 Å². The van der Waals surface area contributed by atoms with Crippen molar-refractivity contribution in [3.8, 4) is 0 Å². The van der Waals surface area contributed by atoms with Gasteiger partial charge in [-0.05, 0) is 62.5 Å². The number of rotatable bonds is 8. The van der Waals surface area contributed by atoms with E-state index >= 15 is 0 Å². The van der Waals surface area contributed by atoms with E-state index < -0.39 is 0 Å². The highest BCUT2D eigenvalue weighted by molar-refractivity contribution is 5.17. The summed E-state index contributed by atoms with van der Waals surface area (Å²) in [7, 11) is 1.85. The Balaban J connectivity index is 1.61. The summed E-state index contributed by atoms with van der Waals surface area (Å²) in [4.78, 5) is 2.64. The first kappa shape index (κ1) is 20.1. The summed E-state index contributed by atoms with van der Waals surface area (Å²) in [5.74, 6) is 1.48. The molecule has 2 aromatic carbocycles. The van der Waals surface area contributed by atoms with Crippen molar-refractivity contribution in [2.45, 2.75) is 58.2 Å². The van der Waals surface area contributed by atoms with Crippen molar-refractivity contribution in [1.29, 1.82) is 0 Å². The third kappa shape index (κ3) is 5.92. The molecule has 1 aliphatic rings. The van der Waals surface area contributed by atoms with Gasteiger partial charge in [0.05, 0.1) is 5.60 Å². The van der Waals surface area contributed by atoms with Gasteiger partial charge in [-0.25, -0.2) is 0 Å². The number of benzene rings is 2. The van der Waals surface area contributed by atoms with E-state index in [1.807, 2.05) is 7.11 Å². The highest BCUT2D eigenvalue weighted by atomic mass is 16.5. The Morgan fingerprint density at radius 3 is 1.74 bits per heavy atom. The van der Waals surface area contributed by atoms with Gasteiger partial charge in [-0.3, -0.25) is 4.90 Å². The molecule has 0 unspecified atom stereocenters. The molecule has 0 aliphatic heterocycles. The molecule has 1 fully saturated rings. The molecule has 0 spiro atoms. The highest BCUT2D eigenvalue weighted by Crippen LogP contribution is 2.37. The van der Waals surface area contributed by atoms with Gasteiger partial charge < -0.3 is 4.74 Å². The number of methoxy groups -OCH3 is 1. The molecule has 0 heterocycles. The van der Waals surface area contributed by atoms with Crippen LogP contribution in [-0.4, -0.2) is 24.2 Å². The molecule has 2 heteroatoms.